The Hall–Kier alpha value is -2.59. The Bertz CT molecular complexity index is 931. The van der Waals surface area contributed by atoms with E-state index in [2.05, 4.69) is 33.4 Å². The molecule has 1 aromatic carbocycles. The smallest absolute Gasteiger partial charge is 0.480 e. The molecule has 1 fully saturated rings. The average molecular weight is 474 g/mol. The van der Waals surface area contributed by atoms with Gasteiger partial charge < -0.3 is 14.5 Å². The molecule has 0 spiro atoms. The molecule has 1 atom stereocenters. The molecule has 1 aromatic heterocycles. The highest BCUT2D eigenvalue weighted by Gasteiger charge is 2.42. The maximum absolute atomic E-state index is 12.3. The minimum atomic E-state index is -4.63. The monoisotopic (exact) mass is 473 g/mol. The molecule has 1 N–H and O–H groups in total. The third kappa shape index (κ3) is 6.23. The number of benzene rings is 1. The van der Waals surface area contributed by atoms with Crippen LogP contribution in [0.5, 0.6) is 5.75 Å². The maximum Gasteiger partial charge on any atom is 0.522 e. The van der Waals surface area contributed by atoms with Crippen molar-refractivity contribution in [3.8, 4) is 5.75 Å². The van der Waals surface area contributed by atoms with Crippen molar-refractivity contribution in [1.29, 1.82) is 0 Å². The molecule has 0 radical (unpaired) electrons. The number of hydrogen-bond acceptors (Lipinski definition) is 6. The Balaban J connectivity index is 0.00000141. The second kappa shape index (κ2) is 10.4. The van der Waals surface area contributed by atoms with Crippen LogP contribution in [0.25, 0.3) is 0 Å². The van der Waals surface area contributed by atoms with Crippen LogP contribution < -0.4 is 10.1 Å². The summed E-state index contributed by atoms with van der Waals surface area (Å²) in [4.78, 5) is 12.3. The number of ether oxygens (including phenoxy) is 2. The van der Waals surface area contributed by atoms with Gasteiger partial charge in [0.1, 0.15) is 5.75 Å². The van der Waals surface area contributed by atoms with E-state index in [1.807, 2.05) is 0 Å². The zero-order valence-corrected chi connectivity index (χ0v) is 17.9. The summed E-state index contributed by atoms with van der Waals surface area (Å²) in [5.74, 6) is 0.953. The van der Waals surface area contributed by atoms with Gasteiger partial charge in [0.05, 0.1) is 6.10 Å². The van der Waals surface area contributed by atoms with Crippen LogP contribution in [-0.4, -0.2) is 41.2 Å². The van der Waals surface area contributed by atoms with Crippen molar-refractivity contribution >= 4 is 17.5 Å². The van der Waals surface area contributed by atoms with Crippen molar-refractivity contribution in [3.05, 3.63) is 53.7 Å². The molecule has 2 aliphatic rings. The first-order chi connectivity index (χ1) is 15.3. The third-order valence-corrected chi connectivity index (χ3v) is 5.32. The quantitative estimate of drug-likeness (QED) is 0.475. The SMILES string of the molecule is C=C.O=C(NCCCc1nnc(C2CC(OC(F)(F)F)C2)o1)C1Cc2cc(Cl)ccc2O1. The van der Waals surface area contributed by atoms with Crippen LogP contribution in [0, 0.1) is 0 Å². The van der Waals surface area contributed by atoms with E-state index in [0.717, 1.165) is 5.56 Å². The van der Waals surface area contributed by atoms with Crippen molar-refractivity contribution < 1.29 is 31.9 Å². The third-order valence-electron chi connectivity index (χ3n) is 5.08. The van der Waals surface area contributed by atoms with Crippen molar-refractivity contribution in [2.24, 2.45) is 0 Å². The van der Waals surface area contributed by atoms with Crippen LogP contribution in [0.1, 0.15) is 42.5 Å². The molecule has 1 amide bonds. The molecule has 1 unspecified atom stereocenters. The predicted octanol–water partition coefficient (Wildman–Crippen LogP) is 4.36. The Morgan fingerprint density at radius 1 is 1.28 bits per heavy atom. The Kier molecular flexibility index (Phi) is 7.78. The number of fused-ring (bicyclic) bond motifs is 1. The molecule has 1 aliphatic carbocycles. The minimum Gasteiger partial charge on any atom is -0.480 e. The van der Waals surface area contributed by atoms with E-state index in [1.165, 1.54) is 0 Å². The normalized spacial score (nSPS) is 21.6. The summed E-state index contributed by atoms with van der Waals surface area (Å²) in [6.07, 6.45) is -4.18. The number of aromatic nitrogens is 2. The zero-order valence-electron chi connectivity index (χ0n) is 17.2. The number of carbonyl (C=O) groups is 1. The number of nitrogens with zero attached hydrogens (tertiary/aromatic N) is 2. The second-order valence-electron chi connectivity index (χ2n) is 7.35. The number of halogens is 4. The molecule has 7 nitrogen and oxygen atoms in total. The van der Waals surface area contributed by atoms with E-state index < -0.39 is 18.6 Å². The molecular formula is C21H23ClF3N3O4. The lowest BCUT2D eigenvalue weighted by Crippen LogP contribution is -2.38. The van der Waals surface area contributed by atoms with Crippen LogP contribution in [0.2, 0.25) is 5.02 Å². The number of amides is 1. The van der Waals surface area contributed by atoms with E-state index in [1.54, 1.807) is 18.2 Å². The summed E-state index contributed by atoms with van der Waals surface area (Å²) in [7, 11) is 0. The van der Waals surface area contributed by atoms with Gasteiger partial charge in [0.2, 0.25) is 11.8 Å². The molecule has 174 valence electrons. The maximum atomic E-state index is 12.3. The van der Waals surface area contributed by atoms with Gasteiger partial charge >= 0.3 is 6.36 Å². The molecule has 32 heavy (non-hydrogen) atoms. The van der Waals surface area contributed by atoms with Crippen molar-refractivity contribution in [3.63, 3.8) is 0 Å². The summed E-state index contributed by atoms with van der Waals surface area (Å²) in [6.45, 7) is 6.40. The summed E-state index contributed by atoms with van der Waals surface area (Å²) in [6, 6.07) is 5.25. The van der Waals surface area contributed by atoms with Gasteiger partial charge in [-0.05, 0) is 43.0 Å². The number of carbonyl (C=O) groups excluding carboxylic acids is 1. The molecule has 0 saturated heterocycles. The molecule has 2 aromatic rings. The van der Waals surface area contributed by atoms with Gasteiger partial charge in [-0.2, -0.15) is 0 Å². The van der Waals surface area contributed by atoms with Crippen molar-refractivity contribution in [2.45, 2.75) is 56.6 Å². The van der Waals surface area contributed by atoms with Crippen LogP contribution in [0.4, 0.5) is 13.2 Å². The molecule has 4 rings (SSSR count). The van der Waals surface area contributed by atoms with Crippen LogP contribution in [-0.2, 0) is 22.4 Å². The summed E-state index contributed by atoms with van der Waals surface area (Å²) >= 11 is 5.95. The van der Waals surface area contributed by atoms with Gasteiger partial charge in [-0.25, -0.2) is 0 Å². The molecule has 1 saturated carbocycles. The molecule has 0 bridgehead atoms. The van der Waals surface area contributed by atoms with E-state index in [0.29, 0.717) is 48.4 Å². The Labute approximate surface area is 187 Å². The lowest BCUT2D eigenvalue weighted by molar-refractivity contribution is -0.352. The zero-order chi connectivity index (χ0) is 23.3. The fourth-order valence-electron chi connectivity index (χ4n) is 3.51. The fourth-order valence-corrected chi connectivity index (χ4v) is 3.71. The summed E-state index contributed by atoms with van der Waals surface area (Å²) in [5.41, 5.74) is 0.903. The molecule has 1 aliphatic heterocycles. The van der Waals surface area contributed by atoms with Gasteiger partial charge in [-0.3, -0.25) is 9.53 Å². The van der Waals surface area contributed by atoms with Crippen LogP contribution in [0.3, 0.4) is 0 Å². The minimum absolute atomic E-state index is 0.201. The number of nitrogens with one attached hydrogen (secondary N) is 1. The van der Waals surface area contributed by atoms with Crippen LogP contribution >= 0.6 is 11.6 Å². The van der Waals surface area contributed by atoms with E-state index in [4.69, 9.17) is 20.8 Å². The first-order valence-electron chi connectivity index (χ1n) is 10.1. The van der Waals surface area contributed by atoms with Gasteiger partial charge in [0.25, 0.3) is 5.91 Å². The van der Waals surface area contributed by atoms with E-state index >= 15 is 0 Å². The van der Waals surface area contributed by atoms with Crippen molar-refractivity contribution in [1.82, 2.24) is 15.5 Å². The Morgan fingerprint density at radius 2 is 2.03 bits per heavy atom. The number of aryl methyl sites for hydroxylation is 1. The highest BCUT2D eigenvalue weighted by Crippen LogP contribution is 2.40. The number of hydrogen-bond donors (Lipinski definition) is 1. The van der Waals surface area contributed by atoms with Crippen molar-refractivity contribution in [2.75, 3.05) is 6.54 Å². The lowest BCUT2D eigenvalue weighted by Gasteiger charge is -2.32. The summed E-state index contributed by atoms with van der Waals surface area (Å²) < 4.78 is 51.6. The average Bonchev–Trinajstić information content (AvgIpc) is 3.35. The van der Waals surface area contributed by atoms with Gasteiger partial charge in [0, 0.05) is 30.3 Å². The van der Waals surface area contributed by atoms with E-state index in [-0.39, 0.29) is 24.7 Å². The van der Waals surface area contributed by atoms with Crippen LogP contribution in [0.15, 0.2) is 35.8 Å². The lowest BCUT2D eigenvalue weighted by atomic mass is 9.82. The largest absolute Gasteiger partial charge is 0.522 e. The number of alkyl halides is 3. The van der Waals surface area contributed by atoms with Gasteiger partial charge in [-0.15, -0.1) is 36.5 Å². The van der Waals surface area contributed by atoms with E-state index in [9.17, 15) is 18.0 Å². The number of rotatable bonds is 7. The molecule has 2 heterocycles. The van der Waals surface area contributed by atoms with Gasteiger partial charge in [0.15, 0.2) is 6.10 Å². The topological polar surface area (TPSA) is 86.5 Å². The first-order valence-corrected chi connectivity index (χ1v) is 10.4. The predicted molar refractivity (Wildman–Crippen MR) is 109 cm³/mol. The first kappa shape index (κ1) is 24.1. The standard InChI is InChI=1S/C19H19ClF3N3O4.C2H4/c20-12-3-4-14-10(6-12)9-15(28-14)17(27)24-5-1-2-16-25-26-18(29-16)11-7-13(8-11)30-19(21,22)23;1-2/h3-4,6,11,13,15H,1-2,5,7-9H2,(H,24,27);1-2H2. The highest BCUT2D eigenvalue weighted by molar-refractivity contribution is 6.30. The summed E-state index contributed by atoms with van der Waals surface area (Å²) in [5, 5.41) is 11.2. The highest BCUT2D eigenvalue weighted by atomic mass is 35.5. The fraction of sp³-hybridized carbons (Fsp3) is 0.476. The Morgan fingerprint density at radius 3 is 2.75 bits per heavy atom. The second-order valence-corrected chi connectivity index (χ2v) is 7.78. The van der Waals surface area contributed by atoms with Gasteiger partial charge in [-0.1, -0.05) is 11.6 Å². The molecule has 11 heteroatoms. The molecular weight excluding hydrogens is 451 g/mol.